The Morgan fingerprint density at radius 1 is 1.18 bits per heavy atom. The molecule has 2 aliphatic rings. The Balaban J connectivity index is 1.97. The van der Waals surface area contributed by atoms with Crippen molar-refractivity contribution in [2.45, 2.75) is 78.0 Å². The molecule has 1 spiro atoms. The third kappa shape index (κ3) is 3.03. The fourth-order valence-electron chi connectivity index (χ4n) is 3.29. The van der Waals surface area contributed by atoms with Crippen molar-refractivity contribution in [1.29, 1.82) is 0 Å². The van der Waals surface area contributed by atoms with Crippen molar-refractivity contribution < 1.29 is 4.74 Å². The molecule has 0 amide bonds. The Morgan fingerprint density at radius 2 is 1.82 bits per heavy atom. The fourth-order valence-corrected chi connectivity index (χ4v) is 3.29. The van der Waals surface area contributed by atoms with Gasteiger partial charge in [0.05, 0.1) is 6.61 Å². The molecular weight excluding hydrogens is 210 g/mol. The maximum absolute atomic E-state index is 6.11. The van der Waals surface area contributed by atoms with E-state index in [0.717, 1.165) is 18.9 Å². The largest absolute Gasteiger partial charge is 0.361 e. The first-order valence-corrected chi connectivity index (χ1v) is 7.37. The highest BCUT2D eigenvalue weighted by Gasteiger charge is 2.42. The predicted molar refractivity (Wildman–Crippen MR) is 71.9 cm³/mol. The van der Waals surface area contributed by atoms with Crippen molar-refractivity contribution in [2.75, 3.05) is 6.61 Å². The van der Waals surface area contributed by atoms with Gasteiger partial charge in [0.2, 0.25) is 0 Å². The minimum Gasteiger partial charge on any atom is -0.361 e. The number of ether oxygens (including phenoxy) is 1. The number of rotatable bonds is 1. The van der Waals surface area contributed by atoms with E-state index in [9.17, 15) is 0 Å². The quantitative estimate of drug-likeness (QED) is 0.753. The lowest BCUT2D eigenvalue weighted by Crippen LogP contribution is -2.61. The van der Waals surface area contributed by atoms with E-state index < -0.39 is 0 Å². The van der Waals surface area contributed by atoms with Gasteiger partial charge in [-0.3, -0.25) is 5.32 Å². The second-order valence-electron chi connectivity index (χ2n) is 7.05. The van der Waals surface area contributed by atoms with Gasteiger partial charge in [0.15, 0.2) is 0 Å². The zero-order valence-electron chi connectivity index (χ0n) is 12.0. The molecule has 1 atom stereocenters. The molecule has 100 valence electrons. The molecule has 1 aliphatic heterocycles. The lowest BCUT2D eigenvalue weighted by Gasteiger charge is -2.49. The molecule has 1 saturated carbocycles. The number of hydrogen-bond donors (Lipinski definition) is 1. The van der Waals surface area contributed by atoms with Gasteiger partial charge < -0.3 is 4.74 Å². The highest BCUT2D eigenvalue weighted by Crippen LogP contribution is 2.39. The zero-order valence-corrected chi connectivity index (χ0v) is 12.0. The van der Waals surface area contributed by atoms with Gasteiger partial charge in [-0.05, 0) is 43.4 Å². The molecule has 2 rings (SSSR count). The minimum atomic E-state index is 0.0157. The van der Waals surface area contributed by atoms with Crippen molar-refractivity contribution in [3.63, 3.8) is 0 Å². The van der Waals surface area contributed by atoms with Crippen molar-refractivity contribution >= 4 is 0 Å². The van der Waals surface area contributed by atoms with E-state index in [0.29, 0.717) is 11.5 Å². The summed E-state index contributed by atoms with van der Waals surface area (Å²) >= 11 is 0. The molecule has 1 aliphatic carbocycles. The molecule has 1 N–H and O–H groups in total. The van der Waals surface area contributed by atoms with Crippen LogP contribution < -0.4 is 5.32 Å². The monoisotopic (exact) mass is 239 g/mol. The maximum atomic E-state index is 6.11. The normalized spacial score (nSPS) is 39.5. The van der Waals surface area contributed by atoms with Crippen LogP contribution in [0.25, 0.3) is 0 Å². The molecule has 0 aromatic carbocycles. The number of nitrogens with one attached hydrogen (secondary N) is 1. The SMILES string of the molecule is CCC1CCC2(CC1)NC(C(C)(C)C)CCO2. The fraction of sp³-hybridized carbons (Fsp3) is 1.00. The van der Waals surface area contributed by atoms with E-state index in [4.69, 9.17) is 4.74 Å². The summed E-state index contributed by atoms with van der Waals surface area (Å²) in [7, 11) is 0. The second-order valence-corrected chi connectivity index (χ2v) is 7.05. The first-order chi connectivity index (χ1) is 7.95. The average molecular weight is 239 g/mol. The van der Waals surface area contributed by atoms with E-state index in [-0.39, 0.29) is 5.72 Å². The van der Waals surface area contributed by atoms with Crippen molar-refractivity contribution in [3.05, 3.63) is 0 Å². The van der Waals surface area contributed by atoms with Gasteiger partial charge in [0.1, 0.15) is 5.72 Å². The van der Waals surface area contributed by atoms with Crippen LogP contribution in [-0.4, -0.2) is 18.4 Å². The molecule has 1 saturated heterocycles. The summed E-state index contributed by atoms with van der Waals surface area (Å²) < 4.78 is 6.11. The molecule has 1 unspecified atom stereocenters. The summed E-state index contributed by atoms with van der Waals surface area (Å²) in [5.41, 5.74) is 0.361. The summed E-state index contributed by atoms with van der Waals surface area (Å²) in [6, 6.07) is 0.606. The highest BCUT2D eigenvalue weighted by atomic mass is 16.5. The zero-order chi connectivity index (χ0) is 12.5. The Bertz CT molecular complexity index is 248. The van der Waals surface area contributed by atoms with Crippen molar-refractivity contribution in [2.24, 2.45) is 11.3 Å². The van der Waals surface area contributed by atoms with Crippen molar-refractivity contribution in [1.82, 2.24) is 5.32 Å². The Hall–Kier alpha value is -0.0800. The molecular formula is C15H29NO. The van der Waals surface area contributed by atoms with Crippen LogP contribution in [0, 0.1) is 11.3 Å². The van der Waals surface area contributed by atoms with Gasteiger partial charge >= 0.3 is 0 Å². The average Bonchev–Trinajstić information content (AvgIpc) is 2.29. The summed E-state index contributed by atoms with van der Waals surface area (Å²) in [6.45, 7) is 10.3. The van der Waals surface area contributed by atoms with Gasteiger partial charge in [-0.2, -0.15) is 0 Å². The molecule has 2 heteroatoms. The maximum Gasteiger partial charge on any atom is 0.119 e. The lowest BCUT2D eigenvalue weighted by atomic mass is 9.78. The van der Waals surface area contributed by atoms with E-state index >= 15 is 0 Å². The molecule has 0 aromatic rings. The van der Waals surface area contributed by atoms with Gasteiger partial charge in [0, 0.05) is 6.04 Å². The summed E-state index contributed by atoms with van der Waals surface area (Å²) in [5.74, 6) is 0.932. The predicted octanol–water partition coefficient (Wildman–Crippen LogP) is 3.71. The van der Waals surface area contributed by atoms with Crippen LogP contribution in [0.4, 0.5) is 0 Å². The van der Waals surface area contributed by atoms with Crippen LogP contribution in [-0.2, 0) is 4.74 Å². The van der Waals surface area contributed by atoms with E-state index in [1.807, 2.05) is 0 Å². The first-order valence-electron chi connectivity index (χ1n) is 7.37. The summed E-state index contributed by atoms with van der Waals surface area (Å²) in [4.78, 5) is 0. The molecule has 0 radical (unpaired) electrons. The molecule has 1 heterocycles. The summed E-state index contributed by atoms with van der Waals surface area (Å²) in [6.07, 6.45) is 7.57. The lowest BCUT2D eigenvalue weighted by molar-refractivity contribution is -0.147. The third-order valence-corrected chi connectivity index (χ3v) is 4.76. The van der Waals surface area contributed by atoms with Gasteiger partial charge in [0.25, 0.3) is 0 Å². The Labute approximate surface area is 107 Å². The molecule has 0 aromatic heterocycles. The van der Waals surface area contributed by atoms with Gasteiger partial charge in [-0.15, -0.1) is 0 Å². The number of hydrogen-bond acceptors (Lipinski definition) is 2. The third-order valence-electron chi connectivity index (χ3n) is 4.76. The van der Waals surface area contributed by atoms with Crippen LogP contribution >= 0.6 is 0 Å². The topological polar surface area (TPSA) is 21.3 Å². The molecule has 2 nitrogen and oxygen atoms in total. The molecule has 17 heavy (non-hydrogen) atoms. The second kappa shape index (κ2) is 4.89. The van der Waals surface area contributed by atoms with Gasteiger partial charge in [-0.25, -0.2) is 0 Å². The minimum absolute atomic E-state index is 0.0157. The van der Waals surface area contributed by atoms with E-state index in [2.05, 4.69) is 33.0 Å². The van der Waals surface area contributed by atoms with Crippen LogP contribution in [0.1, 0.15) is 66.2 Å². The van der Waals surface area contributed by atoms with Gasteiger partial charge in [-0.1, -0.05) is 34.1 Å². The summed E-state index contributed by atoms with van der Waals surface area (Å²) in [5, 5.41) is 3.83. The van der Waals surface area contributed by atoms with E-state index in [1.54, 1.807) is 0 Å². The van der Waals surface area contributed by atoms with Crippen LogP contribution in [0.2, 0.25) is 0 Å². The van der Waals surface area contributed by atoms with Crippen LogP contribution in [0.3, 0.4) is 0 Å². The molecule has 2 fully saturated rings. The van der Waals surface area contributed by atoms with Crippen LogP contribution in [0.15, 0.2) is 0 Å². The first kappa shape index (κ1) is 13.4. The van der Waals surface area contributed by atoms with Crippen molar-refractivity contribution in [3.8, 4) is 0 Å². The highest BCUT2D eigenvalue weighted by molar-refractivity contribution is 4.94. The molecule has 0 bridgehead atoms. The van der Waals surface area contributed by atoms with Crippen LogP contribution in [0.5, 0.6) is 0 Å². The smallest absolute Gasteiger partial charge is 0.119 e. The Kier molecular flexibility index (Phi) is 3.84. The van der Waals surface area contributed by atoms with E-state index in [1.165, 1.54) is 32.1 Å². The Morgan fingerprint density at radius 3 is 2.35 bits per heavy atom. The standard InChI is InChI=1S/C15H29NO/c1-5-12-6-9-15(10-7-12)16-13(8-11-17-15)14(2,3)4/h12-13,16H,5-11H2,1-4H3.